The van der Waals surface area contributed by atoms with Gasteiger partial charge in [-0.05, 0) is 54.2 Å². The van der Waals surface area contributed by atoms with E-state index in [1.807, 2.05) is 48.5 Å². The number of carbonyl (C=O) groups is 1. The van der Waals surface area contributed by atoms with Gasteiger partial charge in [0.2, 0.25) is 0 Å². The Morgan fingerprint density at radius 2 is 1.79 bits per heavy atom. The second-order valence-electron chi connectivity index (χ2n) is 7.42. The Labute approximate surface area is 195 Å². The van der Waals surface area contributed by atoms with Crippen molar-refractivity contribution >= 4 is 29.0 Å². The molecule has 0 aliphatic carbocycles. The zero-order chi connectivity index (χ0) is 23.4. The number of hydrogen-bond acceptors (Lipinski definition) is 5. The van der Waals surface area contributed by atoms with Gasteiger partial charge in [-0.15, -0.1) is 0 Å². The fourth-order valence-electron chi connectivity index (χ4n) is 3.58. The van der Waals surface area contributed by atoms with E-state index >= 15 is 0 Å². The van der Waals surface area contributed by atoms with Gasteiger partial charge in [-0.2, -0.15) is 0 Å². The van der Waals surface area contributed by atoms with Crippen molar-refractivity contribution in [2.75, 3.05) is 14.2 Å². The topological polar surface area (TPSA) is 85.3 Å². The molecule has 0 radical (unpaired) electrons. The molecule has 0 atom stereocenters. The first-order valence-corrected chi connectivity index (χ1v) is 10.7. The van der Waals surface area contributed by atoms with Crippen LogP contribution >= 0.6 is 12.2 Å². The van der Waals surface area contributed by atoms with E-state index < -0.39 is 0 Å². The first-order chi connectivity index (χ1) is 16.0. The summed E-state index contributed by atoms with van der Waals surface area (Å²) >= 11 is 5.43. The first kappa shape index (κ1) is 22.3. The maximum absolute atomic E-state index is 13.1. The number of nitrogens with one attached hydrogen (secondary N) is 2. The van der Waals surface area contributed by atoms with Gasteiger partial charge in [0.1, 0.15) is 11.5 Å². The summed E-state index contributed by atoms with van der Waals surface area (Å²) in [4.78, 5) is 28.9. The summed E-state index contributed by atoms with van der Waals surface area (Å²) in [6.07, 6.45) is 0. The van der Waals surface area contributed by atoms with Crippen LogP contribution < -0.4 is 20.3 Å². The molecule has 1 heterocycles. The van der Waals surface area contributed by atoms with E-state index in [0.29, 0.717) is 35.3 Å². The van der Waals surface area contributed by atoms with Gasteiger partial charge in [-0.3, -0.25) is 14.2 Å². The van der Waals surface area contributed by atoms with Crippen molar-refractivity contribution in [3.8, 4) is 11.5 Å². The van der Waals surface area contributed by atoms with Gasteiger partial charge in [0.05, 0.1) is 31.7 Å². The minimum atomic E-state index is -0.260. The first-order valence-electron chi connectivity index (χ1n) is 10.3. The number of methoxy groups -OCH3 is 2. The van der Waals surface area contributed by atoms with E-state index in [2.05, 4.69) is 10.3 Å². The average Bonchev–Trinajstić information content (AvgIpc) is 2.85. The third-order valence-electron chi connectivity index (χ3n) is 5.38. The molecule has 0 unspecified atom stereocenters. The molecular formula is C25H23N3O4S. The Morgan fingerprint density at radius 1 is 1.03 bits per heavy atom. The number of fused-ring (bicyclic) bond motifs is 1. The molecule has 1 aromatic heterocycles. The number of para-hydroxylation sites is 1. The number of ether oxygens (including phenoxy) is 2. The van der Waals surface area contributed by atoms with Crippen LogP contribution in [0.25, 0.3) is 10.9 Å². The van der Waals surface area contributed by atoms with E-state index in [1.54, 1.807) is 32.4 Å². The van der Waals surface area contributed by atoms with Crippen LogP contribution in [-0.4, -0.2) is 29.7 Å². The Balaban J connectivity index is 1.57. The monoisotopic (exact) mass is 461 g/mol. The molecule has 168 valence electrons. The fraction of sp³-hybridized carbons (Fsp3) is 0.160. The van der Waals surface area contributed by atoms with Gasteiger partial charge in [-0.1, -0.05) is 30.3 Å². The number of aromatic nitrogens is 2. The number of hydrogen-bond donors (Lipinski definition) is 2. The molecule has 0 fully saturated rings. The van der Waals surface area contributed by atoms with E-state index in [4.69, 9.17) is 21.7 Å². The van der Waals surface area contributed by atoms with Gasteiger partial charge in [0.25, 0.3) is 11.5 Å². The van der Waals surface area contributed by atoms with Crippen LogP contribution in [0.15, 0.2) is 71.5 Å². The number of benzene rings is 3. The molecule has 0 saturated carbocycles. The maximum atomic E-state index is 13.1. The van der Waals surface area contributed by atoms with Crippen LogP contribution in [0, 0.1) is 4.77 Å². The van der Waals surface area contributed by atoms with E-state index in [9.17, 15) is 9.59 Å². The van der Waals surface area contributed by atoms with Crippen LogP contribution in [0.1, 0.15) is 21.5 Å². The Bertz CT molecular complexity index is 1420. The number of carbonyl (C=O) groups excluding carboxylic acids is 1. The molecule has 0 bridgehead atoms. The van der Waals surface area contributed by atoms with Gasteiger partial charge in [-0.25, -0.2) is 0 Å². The SMILES string of the molecule is COc1ccc(Cn2c(=S)[nH]c3cc(C(=O)NCc4ccccc4OC)ccc3c2=O)cc1. The van der Waals surface area contributed by atoms with Crippen LogP contribution in [0.5, 0.6) is 11.5 Å². The van der Waals surface area contributed by atoms with Gasteiger partial charge in [0, 0.05) is 17.7 Å². The molecule has 0 spiro atoms. The number of H-pyrrole nitrogens is 1. The van der Waals surface area contributed by atoms with Gasteiger partial charge >= 0.3 is 0 Å². The predicted octanol–water partition coefficient (Wildman–Crippen LogP) is 4.05. The molecule has 0 aliphatic rings. The smallest absolute Gasteiger partial charge is 0.262 e. The summed E-state index contributed by atoms with van der Waals surface area (Å²) in [7, 11) is 3.19. The zero-order valence-corrected chi connectivity index (χ0v) is 19.1. The Morgan fingerprint density at radius 3 is 2.52 bits per heavy atom. The van der Waals surface area contributed by atoms with Gasteiger partial charge in [0.15, 0.2) is 4.77 Å². The lowest BCUT2D eigenvalue weighted by molar-refractivity contribution is 0.0951. The highest BCUT2D eigenvalue weighted by Gasteiger charge is 2.12. The summed E-state index contributed by atoms with van der Waals surface area (Å²) in [5.74, 6) is 1.19. The summed E-state index contributed by atoms with van der Waals surface area (Å²) < 4.78 is 12.3. The van der Waals surface area contributed by atoms with Gasteiger partial charge < -0.3 is 19.8 Å². The molecule has 4 aromatic rings. The van der Waals surface area contributed by atoms with Crippen molar-refractivity contribution in [2.24, 2.45) is 0 Å². The van der Waals surface area contributed by atoms with Crippen LogP contribution in [0.3, 0.4) is 0 Å². The third kappa shape index (κ3) is 4.80. The summed E-state index contributed by atoms with van der Waals surface area (Å²) in [6, 6.07) is 19.9. The third-order valence-corrected chi connectivity index (χ3v) is 5.70. The standard InChI is InChI=1S/C25H23N3O4S/c1-31-19-10-7-16(8-11-19)15-28-24(30)20-12-9-17(13-21(20)27-25(28)33)23(29)26-14-18-5-3-4-6-22(18)32-2/h3-13H,14-15H2,1-2H3,(H,26,29)(H,27,33). The fourth-order valence-corrected chi connectivity index (χ4v) is 3.84. The summed E-state index contributed by atoms with van der Waals surface area (Å²) in [5.41, 5.74) is 2.51. The van der Waals surface area contributed by atoms with E-state index in [-0.39, 0.29) is 16.2 Å². The molecule has 4 rings (SSSR count). The second kappa shape index (κ2) is 9.70. The molecule has 1 amide bonds. The largest absolute Gasteiger partial charge is 0.497 e. The summed E-state index contributed by atoms with van der Waals surface area (Å²) in [6.45, 7) is 0.648. The highest BCUT2D eigenvalue weighted by molar-refractivity contribution is 7.71. The van der Waals surface area contributed by atoms with Crippen LogP contribution in [-0.2, 0) is 13.1 Å². The van der Waals surface area contributed by atoms with Crippen molar-refractivity contribution in [1.29, 1.82) is 0 Å². The van der Waals surface area contributed by atoms with Crippen LogP contribution in [0.2, 0.25) is 0 Å². The lowest BCUT2D eigenvalue weighted by Gasteiger charge is -2.11. The number of nitrogens with zero attached hydrogens (tertiary/aromatic N) is 1. The zero-order valence-electron chi connectivity index (χ0n) is 18.3. The molecule has 7 nitrogen and oxygen atoms in total. The molecule has 0 saturated heterocycles. The molecule has 0 aliphatic heterocycles. The highest BCUT2D eigenvalue weighted by atomic mass is 32.1. The van der Waals surface area contributed by atoms with Crippen LogP contribution in [0.4, 0.5) is 0 Å². The lowest BCUT2D eigenvalue weighted by atomic mass is 10.1. The van der Waals surface area contributed by atoms with Crippen molar-refractivity contribution in [3.05, 3.63) is 98.5 Å². The minimum Gasteiger partial charge on any atom is -0.497 e. The molecule has 3 aromatic carbocycles. The molecule has 8 heteroatoms. The maximum Gasteiger partial charge on any atom is 0.262 e. The number of amides is 1. The quantitative estimate of drug-likeness (QED) is 0.406. The molecule has 2 N–H and O–H groups in total. The van der Waals surface area contributed by atoms with Crippen molar-refractivity contribution in [2.45, 2.75) is 13.1 Å². The predicted molar refractivity (Wildman–Crippen MR) is 130 cm³/mol. The van der Waals surface area contributed by atoms with Crippen molar-refractivity contribution < 1.29 is 14.3 Å². The summed E-state index contributed by atoms with van der Waals surface area (Å²) in [5, 5.41) is 3.34. The average molecular weight is 462 g/mol. The van der Waals surface area contributed by atoms with E-state index in [1.165, 1.54) is 4.57 Å². The Kier molecular flexibility index (Phi) is 6.55. The Hall–Kier alpha value is -3.91. The second-order valence-corrected chi connectivity index (χ2v) is 7.81. The van der Waals surface area contributed by atoms with Crippen molar-refractivity contribution in [1.82, 2.24) is 14.9 Å². The number of rotatable bonds is 7. The van der Waals surface area contributed by atoms with E-state index in [0.717, 1.165) is 16.9 Å². The van der Waals surface area contributed by atoms with Crippen molar-refractivity contribution in [3.63, 3.8) is 0 Å². The number of aromatic amines is 1. The lowest BCUT2D eigenvalue weighted by Crippen LogP contribution is -2.25. The minimum absolute atomic E-state index is 0.217. The molecule has 33 heavy (non-hydrogen) atoms. The normalized spacial score (nSPS) is 10.7. The molecular weight excluding hydrogens is 438 g/mol. The highest BCUT2D eigenvalue weighted by Crippen LogP contribution is 2.18.